The lowest BCUT2D eigenvalue weighted by Crippen LogP contribution is -2.68. The molecule has 2 N–H and O–H groups in total. The van der Waals surface area contributed by atoms with Crippen molar-refractivity contribution in [3.63, 3.8) is 0 Å². The average molecular weight is 252 g/mol. The van der Waals surface area contributed by atoms with Gasteiger partial charge in [-0.05, 0) is 63.2 Å². The number of fused-ring (bicyclic) bond motifs is 3. The first-order valence-electron chi connectivity index (χ1n) is 7.91. The van der Waals surface area contributed by atoms with Crippen molar-refractivity contribution in [3.8, 4) is 0 Å². The second-order valence-electron chi connectivity index (χ2n) is 7.40. The van der Waals surface area contributed by atoms with Gasteiger partial charge in [0.25, 0.3) is 0 Å². The first-order chi connectivity index (χ1) is 8.46. The molecular weight excluding hydrogens is 224 g/mol. The molecule has 3 rings (SSSR count). The van der Waals surface area contributed by atoms with Crippen molar-refractivity contribution < 1.29 is 10.2 Å². The molecule has 0 saturated heterocycles. The van der Waals surface area contributed by atoms with Crippen molar-refractivity contribution in [2.45, 2.75) is 76.4 Å². The summed E-state index contributed by atoms with van der Waals surface area (Å²) in [6.45, 7) is 3.81. The Morgan fingerprint density at radius 3 is 1.39 bits per heavy atom. The van der Waals surface area contributed by atoms with Crippen LogP contribution in [0.15, 0.2) is 0 Å². The predicted octanol–water partition coefficient (Wildman–Crippen LogP) is 3.11. The van der Waals surface area contributed by atoms with Gasteiger partial charge in [0.1, 0.15) is 0 Å². The van der Waals surface area contributed by atoms with E-state index in [2.05, 4.69) is 0 Å². The fourth-order valence-corrected chi connectivity index (χ4v) is 5.49. The lowest BCUT2D eigenvalue weighted by atomic mass is 9.48. The molecule has 18 heavy (non-hydrogen) atoms. The van der Waals surface area contributed by atoms with Gasteiger partial charge in [-0.15, -0.1) is 0 Å². The van der Waals surface area contributed by atoms with Gasteiger partial charge < -0.3 is 10.2 Å². The van der Waals surface area contributed by atoms with Crippen LogP contribution >= 0.6 is 0 Å². The van der Waals surface area contributed by atoms with Crippen LogP contribution in [0, 0.1) is 23.7 Å². The molecule has 0 bridgehead atoms. The maximum Gasteiger partial charge on any atom is 0.0936 e. The zero-order valence-corrected chi connectivity index (χ0v) is 11.9. The third-order valence-electron chi connectivity index (χ3n) is 6.66. The van der Waals surface area contributed by atoms with Crippen LogP contribution in [-0.2, 0) is 0 Å². The molecule has 3 fully saturated rings. The molecule has 3 aliphatic carbocycles. The standard InChI is InChI=1S/C16H28O2/c1-15(17)13-9-5-3-7-11(13)12-8-4-6-10-14(12)16(15,2)18/h11-14,17-18H,3-10H2,1-2H3/t11-,12+,13-,14-,15+,16+/m0/s1. The zero-order chi connectivity index (χ0) is 13.0. The summed E-state index contributed by atoms with van der Waals surface area (Å²) in [6.07, 6.45) is 9.87. The SMILES string of the molecule is C[C@@]1(O)[C@H]2CCCC[C@@H]2[C@@H]2CCCC[C@@H]2[C@@]1(C)O. The van der Waals surface area contributed by atoms with Crippen molar-refractivity contribution >= 4 is 0 Å². The summed E-state index contributed by atoms with van der Waals surface area (Å²) in [5.74, 6) is 1.97. The highest BCUT2D eigenvalue weighted by Gasteiger charge is 2.61. The molecule has 0 aromatic heterocycles. The van der Waals surface area contributed by atoms with Crippen LogP contribution in [0.5, 0.6) is 0 Å². The van der Waals surface area contributed by atoms with Crippen LogP contribution in [0.25, 0.3) is 0 Å². The van der Waals surface area contributed by atoms with E-state index in [0.29, 0.717) is 23.7 Å². The first-order valence-corrected chi connectivity index (χ1v) is 7.91. The third kappa shape index (κ3) is 1.61. The summed E-state index contributed by atoms with van der Waals surface area (Å²) in [5, 5.41) is 22.0. The van der Waals surface area contributed by atoms with Gasteiger partial charge in [0.2, 0.25) is 0 Å². The van der Waals surface area contributed by atoms with E-state index in [1.807, 2.05) is 13.8 Å². The van der Waals surface area contributed by atoms with Crippen LogP contribution in [0.4, 0.5) is 0 Å². The van der Waals surface area contributed by atoms with E-state index in [1.165, 1.54) is 38.5 Å². The molecule has 0 aromatic carbocycles. The quantitative estimate of drug-likeness (QED) is 0.695. The van der Waals surface area contributed by atoms with Gasteiger partial charge in [-0.25, -0.2) is 0 Å². The van der Waals surface area contributed by atoms with Crippen LogP contribution in [0.3, 0.4) is 0 Å². The summed E-state index contributed by atoms with van der Waals surface area (Å²) < 4.78 is 0. The molecule has 0 spiro atoms. The van der Waals surface area contributed by atoms with Gasteiger partial charge in [0.15, 0.2) is 0 Å². The largest absolute Gasteiger partial charge is 0.387 e. The lowest BCUT2D eigenvalue weighted by Gasteiger charge is -2.61. The summed E-state index contributed by atoms with van der Waals surface area (Å²) >= 11 is 0. The molecule has 0 radical (unpaired) electrons. The summed E-state index contributed by atoms with van der Waals surface area (Å²) in [7, 11) is 0. The second-order valence-corrected chi connectivity index (χ2v) is 7.40. The number of hydrogen-bond acceptors (Lipinski definition) is 2. The zero-order valence-electron chi connectivity index (χ0n) is 11.9. The van der Waals surface area contributed by atoms with Crippen molar-refractivity contribution in [3.05, 3.63) is 0 Å². The Morgan fingerprint density at radius 1 is 0.667 bits per heavy atom. The third-order valence-corrected chi connectivity index (χ3v) is 6.66. The van der Waals surface area contributed by atoms with Crippen LogP contribution in [0.1, 0.15) is 65.2 Å². The summed E-state index contributed by atoms with van der Waals surface area (Å²) in [4.78, 5) is 0. The minimum atomic E-state index is -0.892. The van der Waals surface area contributed by atoms with Crippen molar-refractivity contribution in [1.82, 2.24) is 0 Å². The molecule has 104 valence electrons. The molecule has 0 heterocycles. The van der Waals surface area contributed by atoms with Crippen molar-refractivity contribution in [2.75, 3.05) is 0 Å². The molecule has 3 aliphatic rings. The monoisotopic (exact) mass is 252 g/mol. The Hall–Kier alpha value is -0.0800. The molecule has 3 saturated carbocycles. The Bertz CT molecular complexity index is 289. The van der Waals surface area contributed by atoms with E-state index >= 15 is 0 Å². The highest BCUT2D eigenvalue weighted by atomic mass is 16.4. The van der Waals surface area contributed by atoms with Gasteiger partial charge in [0, 0.05) is 0 Å². The molecule has 6 atom stereocenters. The van der Waals surface area contributed by atoms with Crippen molar-refractivity contribution in [2.24, 2.45) is 23.7 Å². The van der Waals surface area contributed by atoms with Gasteiger partial charge in [0.05, 0.1) is 11.2 Å². The highest BCUT2D eigenvalue weighted by molar-refractivity contribution is 5.12. The Morgan fingerprint density at radius 2 is 1.00 bits per heavy atom. The summed E-state index contributed by atoms with van der Waals surface area (Å²) in [5.41, 5.74) is -1.78. The minimum Gasteiger partial charge on any atom is -0.387 e. The Balaban J connectivity index is 1.98. The highest BCUT2D eigenvalue weighted by Crippen LogP contribution is 2.58. The van der Waals surface area contributed by atoms with Crippen LogP contribution in [0.2, 0.25) is 0 Å². The van der Waals surface area contributed by atoms with Gasteiger partial charge >= 0.3 is 0 Å². The van der Waals surface area contributed by atoms with E-state index < -0.39 is 11.2 Å². The smallest absolute Gasteiger partial charge is 0.0936 e. The second kappa shape index (κ2) is 4.21. The Labute approximate surface area is 111 Å². The molecule has 0 amide bonds. The lowest BCUT2D eigenvalue weighted by molar-refractivity contribution is -0.256. The van der Waals surface area contributed by atoms with E-state index in [4.69, 9.17) is 0 Å². The van der Waals surface area contributed by atoms with Gasteiger partial charge in [-0.1, -0.05) is 25.7 Å². The Kier molecular flexibility index (Phi) is 3.02. The molecule has 0 aliphatic heterocycles. The fraction of sp³-hybridized carbons (Fsp3) is 1.00. The minimum absolute atomic E-state index is 0.320. The van der Waals surface area contributed by atoms with Gasteiger partial charge in [-0.2, -0.15) is 0 Å². The molecular formula is C16H28O2. The maximum atomic E-state index is 11.0. The van der Waals surface area contributed by atoms with E-state index in [1.54, 1.807) is 0 Å². The predicted molar refractivity (Wildman–Crippen MR) is 72.1 cm³/mol. The number of rotatable bonds is 0. The average Bonchev–Trinajstić information content (AvgIpc) is 2.37. The fourth-order valence-electron chi connectivity index (χ4n) is 5.49. The van der Waals surface area contributed by atoms with E-state index in [0.717, 1.165) is 12.8 Å². The first kappa shape index (κ1) is 12.9. The maximum absolute atomic E-state index is 11.0. The van der Waals surface area contributed by atoms with Crippen LogP contribution in [-0.4, -0.2) is 21.4 Å². The van der Waals surface area contributed by atoms with Crippen LogP contribution < -0.4 is 0 Å². The molecule has 0 aromatic rings. The van der Waals surface area contributed by atoms with E-state index in [-0.39, 0.29) is 0 Å². The molecule has 0 unspecified atom stereocenters. The number of aliphatic hydroxyl groups is 2. The van der Waals surface area contributed by atoms with Crippen molar-refractivity contribution in [1.29, 1.82) is 0 Å². The molecule has 2 nitrogen and oxygen atoms in total. The summed E-state index contributed by atoms with van der Waals surface area (Å²) in [6, 6.07) is 0. The van der Waals surface area contributed by atoms with E-state index in [9.17, 15) is 10.2 Å². The topological polar surface area (TPSA) is 40.5 Å². The number of hydrogen-bond donors (Lipinski definition) is 2. The molecule has 2 heteroatoms. The van der Waals surface area contributed by atoms with Gasteiger partial charge in [-0.3, -0.25) is 0 Å². The normalized spacial score (nSPS) is 56.7.